The van der Waals surface area contributed by atoms with E-state index in [1.165, 1.54) is 37.5 Å². The number of imide groups is 2. The highest BCUT2D eigenvalue weighted by Crippen LogP contribution is 2.30. The third-order valence-corrected chi connectivity index (χ3v) is 5.96. The summed E-state index contributed by atoms with van der Waals surface area (Å²) in [6.07, 6.45) is 1.65. The Morgan fingerprint density at radius 3 is 2.44 bits per heavy atom. The van der Waals surface area contributed by atoms with E-state index < -0.39 is 17.8 Å². The molecule has 3 aromatic rings. The number of nitrogens with one attached hydrogen (secondary N) is 1. The van der Waals surface area contributed by atoms with Crippen LogP contribution in [0.2, 0.25) is 10.0 Å². The lowest BCUT2D eigenvalue weighted by atomic mass is 10.00. The molecule has 0 saturated carbocycles. The maximum atomic E-state index is 14.1. The molecule has 172 valence electrons. The van der Waals surface area contributed by atoms with Crippen LogP contribution in [-0.2, 0) is 16.0 Å². The average Bonchev–Trinajstić information content (AvgIpc) is 2.81. The Morgan fingerprint density at radius 1 is 0.971 bits per heavy atom. The summed E-state index contributed by atoms with van der Waals surface area (Å²) in [5, 5.41) is 2.56. The molecule has 1 fully saturated rings. The smallest absolute Gasteiger partial charge is 0.335 e. The minimum atomic E-state index is -0.900. The van der Waals surface area contributed by atoms with E-state index in [0.717, 1.165) is 10.5 Å². The second-order valence-corrected chi connectivity index (χ2v) is 8.21. The molecule has 1 aliphatic heterocycles. The van der Waals surface area contributed by atoms with Crippen molar-refractivity contribution in [2.24, 2.45) is 0 Å². The van der Waals surface area contributed by atoms with Crippen molar-refractivity contribution in [2.75, 3.05) is 12.0 Å². The van der Waals surface area contributed by atoms with E-state index in [9.17, 15) is 18.8 Å². The van der Waals surface area contributed by atoms with E-state index in [0.29, 0.717) is 23.3 Å². The van der Waals surface area contributed by atoms with Crippen molar-refractivity contribution in [1.82, 2.24) is 5.32 Å². The number of barbiturate groups is 1. The van der Waals surface area contributed by atoms with Crippen molar-refractivity contribution in [3.63, 3.8) is 0 Å². The number of benzene rings is 3. The van der Waals surface area contributed by atoms with E-state index in [1.807, 2.05) is 0 Å². The Labute approximate surface area is 204 Å². The van der Waals surface area contributed by atoms with Gasteiger partial charge in [0.1, 0.15) is 17.1 Å². The van der Waals surface area contributed by atoms with Gasteiger partial charge >= 0.3 is 6.03 Å². The molecule has 0 unspecified atom stereocenters. The van der Waals surface area contributed by atoms with E-state index in [1.54, 1.807) is 36.4 Å². The van der Waals surface area contributed by atoms with Crippen LogP contribution in [0.1, 0.15) is 16.7 Å². The number of hydrogen-bond donors (Lipinski definition) is 1. The lowest BCUT2D eigenvalue weighted by Gasteiger charge is -2.26. The molecule has 9 heteroatoms. The standard InChI is InChI=1S/C25H17Cl2FN2O4/c1-34-22-11-14(6-7-16(22)12-15-4-2-3-5-21(15)28)10-18-23(31)29-25(33)30(24(18)32)17-8-9-19(26)20(27)13-17/h2-11,13H,12H2,1H3,(H,29,31,33)/b18-10+. The summed E-state index contributed by atoms with van der Waals surface area (Å²) >= 11 is 11.9. The first-order chi connectivity index (χ1) is 16.3. The van der Waals surface area contributed by atoms with Crippen molar-refractivity contribution >= 4 is 52.8 Å². The molecule has 0 aliphatic carbocycles. The first-order valence-electron chi connectivity index (χ1n) is 10.1. The maximum absolute atomic E-state index is 14.1. The van der Waals surface area contributed by atoms with Gasteiger partial charge in [-0.15, -0.1) is 0 Å². The Balaban J connectivity index is 1.67. The topological polar surface area (TPSA) is 75.7 Å². The summed E-state index contributed by atoms with van der Waals surface area (Å²) in [5.74, 6) is -1.52. The van der Waals surface area contributed by atoms with Gasteiger partial charge < -0.3 is 4.74 Å². The van der Waals surface area contributed by atoms with Crippen LogP contribution in [-0.4, -0.2) is 25.0 Å². The first kappa shape index (κ1) is 23.5. The molecule has 0 bridgehead atoms. The number of carbonyl (C=O) groups excluding carboxylic acids is 3. The Hall–Kier alpha value is -3.68. The van der Waals surface area contributed by atoms with Gasteiger partial charge in [0.25, 0.3) is 11.8 Å². The minimum Gasteiger partial charge on any atom is -0.496 e. The summed E-state index contributed by atoms with van der Waals surface area (Å²) in [4.78, 5) is 38.7. The highest BCUT2D eigenvalue weighted by Gasteiger charge is 2.37. The molecule has 1 N–H and O–H groups in total. The maximum Gasteiger partial charge on any atom is 0.335 e. The van der Waals surface area contributed by atoms with Gasteiger partial charge in [-0.1, -0.05) is 53.5 Å². The molecule has 4 amide bonds. The second-order valence-electron chi connectivity index (χ2n) is 7.40. The zero-order chi connectivity index (χ0) is 24.4. The average molecular weight is 499 g/mol. The van der Waals surface area contributed by atoms with Crippen molar-refractivity contribution in [3.8, 4) is 5.75 Å². The van der Waals surface area contributed by atoms with E-state index >= 15 is 0 Å². The molecule has 0 spiro atoms. The molecule has 1 aliphatic rings. The number of anilines is 1. The molecule has 1 heterocycles. The SMILES string of the molecule is COc1cc(/C=C2\C(=O)NC(=O)N(c3ccc(Cl)c(Cl)c3)C2=O)ccc1Cc1ccccc1F. The highest BCUT2D eigenvalue weighted by molar-refractivity contribution is 6.43. The van der Waals surface area contributed by atoms with Crippen LogP contribution in [0, 0.1) is 5.82 Å². The van der Waals surface area contributed by atoms with Crippen LogP contribution in [0.5, 0.6) is 5.75 Å². The zero-order valence-corrected chi connectivity index (χ0v) is 19.3. The number of amides is 4. The molecule has 0 atom stereocenters. The Kier molecular flexibility index (Phi) is 6.68. The lowest BCUT2D eigenvalue weighted by molar-refractivity contribution is -0.122. The van der Waals surface area contributed by atoms with Gasteiger partial charge in [-0.25, -0.2) is 14.1 Å². The molecular formula is C25H17Cl2FN2O4. The van der Waals surface area contributed by atoms with Crippen LogP contribution >= 0.6 is 23.2 Å². The molecule has 1 saturated heterocycles. The molecule has 3 aromatic carbocycles. The summed E-state index contributed by atoms with van der Waals surface area (Å²) in [7, 11) is 1.47. The van der Waals surface area contributed by atoms with Crippen LogP contribution in [0.4, 0.5) is 14.9 Å². The lowest BCUT2D eigenvalue weighted by Crippen LogP contribution is -2.54. The van der Waals surface area contributed by atoms with Gasteiger partial charge in [-0.3, -0.25) is 14.9 Å². The number of rotatable bonds is 5. The van der Waals surface area contributed by atoms with Crippen molar-refractivity contribution in [3.05, 3.63) is 98.8 Å². The minimum absolute atomic E-state index is 0.150. The van der Waals surface area contributed by atoms with Gasteiger partial charge in [0.15, 0.2) is 0 Å². The number of hydrogen-bond acceptors (Lipinski definition) is 4. The van der Waals surface area contributed by atoms with Gasteiger partial charge in [-0.05, 0) is 53.1 Å². The molecule has 4 rings (SSSR count). The second kappa shape index (κ2) is 9.67. The quantitative estimate of drug-likeness (QED) is 0.377. The Morgan fingerprint density at radius 2 is 1.74 bits per heavy atom. The fourth-order valence-electron chi connectivity index (χ4n) is 3.53. The summed E-state index contributed by atoms with van der Waals surface area (Å²) < 4.78 is 19.5. The number of urea groups is 1. The number of ether oxygens (including phenoxy) is 1. The molecule has 6 nitrogen and oxygen atoms in total. The summed E-state index contributed by atoms with van der Waals surface area (Å²) in [6, 6.07) is 14.8. The van der Waals surface area contributed by atoms with Crippen LogP contribution in [0.25, 0.3) is 6.08 Å². The van der Waals surface area contributed by atoms with E-state index in [4.69, 9.17) is 27.9 Å². The van der Waals surface area contributed by atoms with Crippen LogP contribution in [0.3, 0.4) is 0 Å². The highest BCUT2D eigenvalue weighted by atomic mass is 35.5. The third-order valence-electron chi connectivity index (χ3n) is 5.22. The number of nitrogens with zero attached hydrogens (tertiary/aromatic N) is 1. The molecule has 0 radical (unpaired) electrons. The largest absolute Gasteiger partial charge is 0.496 e. The zero-order valence-electron chi connectivity index (χ0n) is 17.8. The van der Waals surface area contributed by atoms with Gasteiger partial charge in [0.2, 0.25) is 0 Å². The summed E-state index contributed by atoms with van der Waals surface area (Å²) in [6.45, 7) is 0. The fraction of sp³-hybridized carbons (Fsp3) is 0.0800. The summed E-state index contributed by atoms with van der Waals surface area (Å²) in [5.41, 5.74) is 1.62. The molecule has 34 heavy (non-hydrogen) atoms. The Bertz CT molecular complexity index is 1360. The normalized spacial score (nSPS) is 15.0. The van der Waals surface area contributed by atoms with Crippen LogP contribution in [0.15, 0.2) is 66.2 Å². The fourth-order valence-corrected chi connectivity index (χ4v) is 3.82. The van der Waals surface area contributed by atoms with E-state index in [2.05, 4.69) is 5.32 Å². The number of halogens is 3. The van der Waals surface area contributed by atoms with Gasteiger partial charge in [0.05, 0.1) is 22.8 Å². The number of methoxy groups -OCH3 is 1. The van der Waals surface area contributed by atoms with Crippen LogP contribution < -0.4 is 15.0 Å². The van der Waals surface area contributed by atoms with E-state index in [-0.39, 0.29) is 27.1 Å². The molecular weight excluding hydrogens is 482 g/mol. The van der Waals surface area contributed by atoms with Gasteiger partial charge in [-0.2, -0.15) is 0 Å². The molecule has 0 aromatic heterocycles. The number of carbonyl (C=O) groups is 3. The third kappa shape index (κ3) is 4.66. The van der Waals surface area contributed by atoms with Gasteiger partial charge in [0, 0.05) is 6.42 Å². The predicted molar refractivity (Wildman–Crippen MR) is 128 cm³/mol. The van der Waals surface area contributed by atoms with Crippen molar-refractivity contribution in [2.45, 2.75) is 6.42 Å². The van der Waals surface area contributed by atoms with Crippen molar-refractivity contribution in [1.29, 1.82) is 0 Å². The monoisotopic (exact) mass is 498 g/mol. The predicted octanol–water partition coefficient (Wildman–Crippen LogP) is 5.40. The first-order valence-corrected chi connectivity index (χ1v) is 10.8. The van der Waals surface area contributed by atoms with Crippen molar-refractivity contribution < 1.29 is 23.5 Å².